The van der Waals surface area contributed by atoms with Gasteiger partial charge in [0.1, 0.15) is 5.78 Å². The molecule has 0 saturated carbocycles. The summed E-state index contributed by atoms with van der Waals surface area (Å²) >= 11 is 1.88. The molecule has 0 radical (unpaired) electrons. The van der Waals surface area contributed by atoms with Crippen LogP contribution in [-0.2, 0) is 11.3 Å². The molecule has 1 aliphatic heterocycles. The molecular weight excluding hydrogens is 218 g/mol. The average Bonchev–Trinajstić information content (AvgIpc) is 2.51. The van der Waals surface area contributed by atoms with Gasteiger partial charge >= 0.3 is 0 Å². The summed E-state index contributed by atoms with van der Waals surface area (Å²) in [6.45, 7) is 8.43. The van der Waals surface area contributed by atoms with Crippen molar-refractivity contribution in [1.29, 1.82) is 0 Å². The number of hydrogen-bond donors (Lipinski definition) is 0. The van der Waals surface area contributed by atoms with Crippen LogP contribution in [0.2, 0.25) is 0 Å². The molecule has 2 rings (SSSR count). The Bertz CT molecular complexity index is 377. The lowest BCUT2D eigenvalue weighted by molar-refractivity contribution is -0.123. The maximum Gasteiger partial charge on any atom is 0.135 e. The predicted molar refractivity (Wildman–Crippen MR) is 67.9 cm³/mol. The van der Waals surface area contributed by atoms with Gasteiger partial charge in [-0.25, -0.2) is 0 Å². The second kappa shape index (κ2) is 4.68. The van der Waals surface area contributed by atoms with Crippen LogP contribution in [0.1, 0.15) is 35.1 Å². The summed E-state index contributed by atoms with van der Waals surface area (Å²) in [5.41, 5.74) is 1.39. The molecule has 0 N–H and O–H groups in total. The molecule has 1 unspecified atom stereocenters. The number of ketones is 1. The summed E-state index contributed by atoms with van der Waals surface area (Å²) in [7, 11) is 0. The van der Waals surface area contributed by atoms with Crippen LogP contribution in [0, 0.1) is 13.8 Å². The summed E-state index contributed by atoms with van der Waals surface area (Å²) in [5.74, 6) is 0.419. The lowest BCUT2D eigenvalue weighted by atomic mass is 10.0. The maximum atomic E-state index is 11.3. The minimum atomic E-state index is 0.406. The molecule has 0 amide bonds. The number of piperidine rings is 1. The first-order chi connectivity index (χ1) is 7.56. The van der Waals surface area contributed by atoms with Crippen molar-refractivity contribution in [3.05, 3.63) is 21.4 Å². The Hall–Kier alpha value is -0.670. The van der Waals surface area contributed by atoms with E-state index in [-0.39, 0.29) is 0 Å². The van der Waals surface area contributed by atoms with E-state index in [2.05, 4.69) is 31.7 Å². The van der Waals surface area contributed by atoms with E-state index in [9.17, 15) is 4.79 Å². The highest BCUT2D eigenvalue weighted by Gasteiger charge is 2.23. The Labute approximate surface area is 101 Å². The lowest BCUT2D eigenvalue weighted by Gasteiger charge is -2.32. The van der Waals surface area contributed by atoms with Crippen molar-refractivity contribution < 1.29 is 4.79 Å². The molecule has 1 saturated heterocycles. The van der Waals surface area contributed by atoms with E-state index in [0.29, 0.717) is 11.8 Å². The minimum Gasteiger partial charge on any atom is -0.300 e. The number of aryl methyl sites for hydroxylation is 2. The zero-order valence-corrected chi connectivity index (χ0v) is 11.1. The molecule has 3 heteroatoms. The number of hydrogen-bond acceptors (Lipinski definition) is 3. The average molecular weight is 237 g/mol. The van der Waals surface area contributed by atoms with Gasteiger partial charge in [-0.1, -0.05) is 0 Å². The maximum absolute atomic E-state index is 11.3. The fourth-order valence-electron chi connectivity index (χ4n) is 2.21. The third-order valence-electron chi connectivity index (χ3n) is 3.40. The number of thiophene rings is 1. The second-order valence-electron chi connectivity index (χ2n) is 4.76. The summed E-state index contributed by atoms with van der Waals surface area (Å²) in [5, 5.41) is 0. The third kappa shape index (κ3) is 2.53. The zero-order valence-electron chi connectivity index (χ0n) is 10.2. The minimum absolute atomic E-state index is 0.406. The molecule has 1 aromatic heterocycles. The van der Waals surface area contributed by atoms with Crippen molar-refractivity contribution in [2.45, 2.75) is 46.2 Å². The van der Waals surface area contributed by atoms with Crippen LogP contribution in [0.4, 0.5) is 0 Å². The molecule has 1 fully saturated rings. The van der Waals surface area contributed by atoms with Crippen molar-refractivity contribution in [3.8, 4) is 0 Å². The standard InChI is InChI=1S/C13H19NOS/c1-9-6-13(16-11(9)3)8-14-5-4-12(15)7-10(14)2/h6,10H,4-5,7-8H2,1-3H3. The van der Waals surface area contributed by atoms with Gasteiger partial charge < -0.3 is 0 Å². The summed E-state index contributed by atoms with van der Waals surface area (Å²) in [6, 6.07) is 2.69. The first-order valence-corrected chi connectivity index (χ1v) is 6.69. The van der Waals surface area contributed by atoms with Crippen LogP contribution in [0.3, 0.4) is 0 Å². The number of likely N-dealkylation sites (tertiary alicyclic amines) is 1. The Morgan fingerprint density at radius 2 is 2.25 bits per heavy atom. The highest BCUT2D eigenvalue weighted by molar-refractivity contribution is 7.12. The number of carbonyl (C=O) groups excluding carboxylic acids is 1. The van der Waals surface area contributed by atoms with Crippen LogP contribution in [0.5, 0.6) is 0 Å². The number of nitrogens with zero attached hydrogens (tertiary/aromatic N) is 1. The van der Waals surface area contributed by atoms with Crippen LogP contribution in [0.25, 0.3) is 0 Å². The molecule has 88 valence electrons. The molecule has 0 aromatic carbocycles. The van der Waals surface area contributed by atoms with Crippen molar-refractivity contribution in [2.75, 3.05) is 6.54 Å². The van der Waals surface area contributed by atoms with Gasteiger partial charge in [-0.2, -0.15) is 0 Å². The van der Waals surface area contributed by atoms with Gasteiger partial charge in [-0.3, -0.25) is 9.69 Å². The zero-order chi connectivity index (χ0) is 11.7. The van der Waals surface area contributed by atoms with Crippen molar-refractivity contribution >= 4 is 17.1 Å². The van der Waals surface area contributed by atoms with E-state index in [0.717, 1.165) is 25.9 Å². The molecule has 2 heterocycles. The monoisotopic (exact) mass is 237 g/mol. The Balaban J connectivity index is 2.01. The first kappa shape index (κ1) is 11.8. The van der Waals surface area contributed by atoms with E-state index >= 15 is 0 Å². The summed E-state index contributed by atoms with van der Waals surface area (Å²) in [4.78, 5) is 16.6. The van der Waals surface area contributed by atoms with E-state index < -0.39 is 0 Å². The predicted octanol–water partition coefficient (Wildman–Crippen LogP) is 2.92. The molecule has 0 bridgehead atoms. The van der Waals surface area contributed by atoms with Gasteiger partial charge in [-0.15, -0.1) is 11.3 Å². The second-order valence-corrected chi connectivity index (χ2v) is 6.11. The van der Waals surface area contributed by atoms with Gasteiger partial charge in [-0.05, 0) is 32.4 Å². The Morgan fingerprint density at radius 1 is 1.50 bits per heavy atom. The molecular formula is C13H19NOS. The number of carbonyl (C=O) groups is 1. The molecule has 16 heavy (non-hydrogen) atoms. The molecule has 1 aliphatic rings. The highest BCUT2D eigenvalue weighted by Crippen LogP contribution is 2.24. The topological polar surface area (TPSA) is 20.3 Å². The van der Waals surface area contributed by atoms with Gasteiger partial charge in [0.05, 0.1) is 0 Å². The lowest BCUT2D eigenvalue weighted by Crippen LogP contribution is -2.40. The largest absolute Gasteiger partial charge is 0.300 e. The van der Waals surface area contributed by atoms with E-state index in [4.69, 9.17) is 0 Å². The van der Waals surface area contributed by atoms with Crippen molar-refractivity contribution in [3.63, 3.8) is 0 Å². The molecule has 1 aromatic rings. The quantitative estimate of drug-likeness (QED) is 0.788. The van der Waals surface area contributed by atoms with Crippen molar-refractivity contribution in [1.82, 2.24) is 4.90 Å². The van der Waals surface area contributed by atoms with Gasteiger partial charge in [0.15, 0.2) is 0 Å². The highest BCUT2D eigenvalue weighted by atomic mass is 32.1. The summed E-state index contributed by atoms with van der Waals surface area (Å²) < 4.78 is 0. The van der Waals surface area contributed by atoms with E-state index in [1.165, 1.54) is 15.3 Å². The van der Waals surface area contributed by atoms with Gasteiger partial charge in [0.25, 0.3) is 0 Å². The SMILES string of the molecule is Cc1cc(CN2CCC(=O)CC2C)sc1C. The first-order valence-electron chi connectivity index (χ1n) is 5.88. The van der Waals surface area contributed by atoms with Gasteiger partial charge in [0, 0.05) is 41.7 Å². The third-order valence-corrected chi connectivity index (χ3v) is 4.54. The molecule has 0 aliphatic carbocycles. The van der Waals surface area contributed by atoms with Crippen LogP contribution in [-0.4, -0.2) is 23.3 Å². The Morgan fingerprint density at radius 3 is 2.81 bits per heavy atom. The Kier molecular flexibility index (Phi) is 3.45. The van der Waals surface area contributed by atoms with E-state index in [1.54, 1.807) is 0 Å². The normalized spacial score (nSPS) is 22.7. The molecule has 2 nitrogen and oxygen atoms in total. The number of Topliss-reactive ketones (excluding diaryl/α,β-unsaturated/α-hetero) is 1. The summed E-state index contributed by atoms with van der Waals surface area (Å²) in [6.07, 6.45) is 1.46. The van der Waals surface area contributed by atoms with E-state index in [1.807, 2.05) is 11.3 Å². The van der Waals surface area contributed by atoms with Crippen LogP contribution < -0.4 is 0 Å². The van der Waals surface area contributed by atoms with Gasteiger partial charge in [0.2, 0.25) is 0 Å². The smallest absolute Gasteiger partial charge is 0.135 e. The molecule has 1 atom stereocenters. The fourth-order valence-corrected chi connectivity index (χ4v) is 3.29. The molecule has 0 spiro atoms. The van der Waals surface area contributed by atoms with Crippen LogP contribution >= 0.6 is 11.3 Å². The van der Waals surface area contributed by atoms with Crippen LogP contribution in [0.15, 0.2) is 6.07 Å². The number of rotatable bonds is 2. The fraction of sp³-hybridized carbons (Fsp3) is 0.615. The van der Waals surface area contributed by atoms with Crippen molar-refractivity contribution in [2.24, 2.45) is 0 Å².